The lowest BCUT2D eigenvalue weighted by atomic mass is 10.0. The average molecular weight is 394 g/mol. The maximum atomic E-state index is 12.4. The lowest BCUT2D eigenvalue weighted by Crippen LogP contribution is -2.41. The van der Waals surface area contributed by atoms with Crippen LogP contribution in [-0.2, 0) is 19.4 Å². The molecule has 0 aromatic heterocycles. The number of sulfone groups is 1. The summed E-state index contributed by atoms with van der Waals surface area (Å²) in [5, 5.41) is 10.6. The molecule has 1 aromatic rings. The number of carbonyl (C=O) groups is 2. The highest BCUT2D eigenvalue weighted by atomic mass is 32.2. The highest BCUT2D eigenvalue weighted by Crippen LogP contribution is 2.19. The molecular formula is C18H22N2O6S. The first-order valence-corrected chi connectivity index (χ1v) is 10.3. The first kappa shape index (κ1) is 20.8. The molecule has 1 aromatic carbocycles. The van der Waals surface area contributed by atoms with Crippen LogP contribution in [0.4, 0.5) is 5.69 Å². The number of ketones is 1. The van der Waals surface area contributed by atoms with Gasteiger partial charge in [-0.2, -0.15) is 0 Å². The molecule has 0 spiro atoms. The molecule has 0 saturated carbocycles. The van der Waals surface area contributed by atoms with Crippen molar-refractivity contribution >= 4 is 33.3 Å². The quantitative estimate of drug-likeness (QED) is 0.396. The molecule has 2 atom stereocenters. The van der Waals surface area contributed by atoms with Crippen LogP contribution in [0.2, 0.25) is 0 Å². The Morgan fingerprint density at radius 1 is 1.33 bits per heavy atom. The Morgan fingerprint density at radius 3 is 2.48 bits per heavy atom. The fraction of sp³-hybridized carbons (Fsp3) is 0.444. The van der Waals surface area contributed by atoms with Crippen LogP contribution in [0.5, 0.6) is 0 Å². The summed E-state index contributed by atoms with van der Waals surface area (Å²) in [7, 11) is -1.51. The third kappa shape index (κ3) is 5.72. The minimum absolute atomic E-state index is 0.00608. The number of amides is 1. The summed E-state index contributed by atoms with van der Waals surface area (Å²) in [4.78, 5) is 36.1. The maximum Gasteiger partial charge on any atom is 0.269 e. The van der Waals surface area contributed by atoms with Crippen molar-refractivity contribution in [1.82, 2.24) is 4.90 Å². The number of benzene rings is 1. The summed E-state index contributed by atoms with van der Waals surface area (Å²) in [6.45, 7) is 1.64. The van der Waals surface area contributed by atoms with Gasteiger partial charge in [0.15, 0.2) is 15.6 Å². The Bertz CT molecular complexity index is 860. The van der Waals surface area contributed by atoms with Gasteiger partial charge in [-0.1, -0.05) is 13.0 Å². The largest absolute Gasteiger partial charge is 0.341 e. The molecule has 9 heteroatoms. The van der Waals surface area contributed by atoms with Gasteiger partial charge in [-0.05, 0) is 30.2 Å². The molecule has 1 fully saturated rings. The second-order valence-electron chi connectivity index (χ2n) is 6.76. The summed E-state index contributed by atoms with van der Waals surface area (Å²) in [6, 6.07) is 5.42. The number of hydrogen-bond donors (Lipinski definition) is 0. The van der Waals surface area contributed by atoms with E-state index in [0.29, 0.717) is 12.0 Å². The van der Waals surface area contributed by atoms with E-state index in [-0.39, 0.29) is 41.3 Å². The lowest BCUT2D eigenvalue weighted by molar-refractivity contribution is -0.384. The zero-order chi connectivity index (χ0) is 20.2. The molecular weight excluding hydrogens is 372 g/mol. The lowest BCUT2D eigenvalue weighted by Gasteiger charge is -2.26. The third-order valence-electron chi connectivity index (χ3n) is 4.60. The van der Waals surface area contributed by atoms with E-state index in [1.165, 1.54) is 41.3 Å². The van der Waals surface area contributed by atoms with E-state index in [1.54, 1.807) is 14.0 Å². The Labute approximate surface area is 157 Å². The van der Waals surface area contributed by atoms with Gasteiger partial charge in [-0.15, -0.1) is 0 Å². The van der Waals surface area contributed by atoms with Crippen molar-refractivity contribution in [1.29, 1.82) is 0 Å². The topological polar surface area (TPSA) is 115 Å². The van der Waals surface area contributed by atoms with Crippen LogP contribution in [0.25, 0.3) is 6.08 Å². The Hall–Kier alpha value is -2.55. The van der Waals surface area contributed by atoms with Gasteiger partial charge in [0, 0.05) is 37.6 Å². The van der Waals surface area contributed by atoms with Gasteiger partial charge in [0.05, 0.1) is 16.4 Å². The molecule has 2 rings (SSSR count). The molecule has 1 saturated heterocycles. The van der Waals surface area contributed by atoms with Crippen LogP contribution in [0.15, 0.2) is 30.3 Å². The zero-order valence-electron chi connectivity index (χ0n) is 15.2. The summed E-state index contributed by atoms with van der Waals surface area (Å²) >= 11 is 0. The van der Waals surface area contributed by atoms with Crippen LogP contribution < -0.4 is 0 Å². The highest BCUT2D eigenvalue weighted by molar-refractivity contribution is 7.91. The zero-order valence-corrected chi connectivity index (χ0v) is 16.0. The van der Waals surface area contributed by atoms with E-state index in [9.17, 15) is 28.1 Å². The van der Waals surface area contributed by atoms with E-state index < -0.39 is 20.7 Å². The van der Waals surface area contributed by atoms with Gasteiger partial charge in [-0.25, -0.2) is 8.42 Å². The van der Waals surface area contributed by atoms with Gasteiger partial charge < -0.3 is 4.90 Å². The van der Waals surface area contributed by atoms with Crippen LogP contribution in [-0.4, -0.2) is 54.5 Å². The summed E-state index contributed by atoms with van der Waals surface area (Å²) in [6.07, 6.45) is 3.30. The van der Waals surface area contributed by atoms with Gasteiger partial charge in [0.1, 0.15) is 0 Å². The van der Waals surface area contributed by atoms with Crippen molar-refractivity contribution in [3.63, 3.8) is 0 Å². The Balaban J connectivity index is 1.90. The molecule has 0 aliphatic carbocycles. The van der Waals surface area contributed by atoms with E-state index in [2.05, 4.69) is 0 Å². The summed E-state index contributed by atoms with van der Waals surface area (Å²) in [5.41, 5.74) is 0.607. The standard InChI is InChI=1S/C18H22N2O6S/c1-13(18(22)19(2)16-9-10-27(25,26)12-16)11-17(21)8-5-14-3-6-15(7-4-14)20(23)24/h3-8,13,16H,9-12H2,1-2H3/b8-5+. The molecule has 0 radical (unpaired) electrons. The van der Waals surface area contributed by atoms with Crippen molar-refractivity contribution in [3.8, 4) is 0 Å². The van der Waals surface area contributed by atoms with Crippen LogP contribution in [0.3, 0.4) is 0 Å². The Kier molecular flexibility index (Phi) is 6.48. The van der Waals surface area contributed by atoms with Crippen molar-refractivity contribution in [2.24, 2.45) is 5.92 Å². The van der Waals surface area contributed by atoms with Crippen LogP contribution in [0.1, 0.15) is 25.3 Å². The first-order valence-electron chi connectivity index (χ1n) is 8.51. The SMILES string of the molecule is CC(CC(=O)/C=C/c1ccc([N+](=O)[O-])cc1)C(=O)N(C)C1CCS(=O)(=O)C1. The predicted octanol–water partition coefficient (Wildman–Crippen LogP) is 1.85. The van der Waals surface area contributed by atoms with Gasteiger partial charge >= 0.3 is 0 Å². The van der Waals surface area contributed by atoms with E-state index in [0.717, 1.165) is 0 Å². The number of nitro groups is 1. The molecule has 1 aliphatic heterocycles. The van der Waals surface area contributed by atoms with Crippen LogP contribution in [0, 0.1) is 16.0 Å². The van der Waals surface area contributed by atoms with Gasteiger partial charge in [0.2, 0.25) is 5.91 Å². The van der Waals surface area contributed by atoms with Crippen molar-refractivity contribution in [2.75, 3.05) is 18.6 Å². The number of allylic oxidation sites excluding steroid dienone is 1. The van der Waals surface area contributed by atoms with Crippen LogP contribution >= 0.6 is 0 Å². The summed E-state index contributed by atoms with van der Waals surface area (Å²) in [5.74, 6) is -1.01. The fourth-order valence-corrected chi connectivity index (χ4v) is 4.74. The van der Waals surface area contributed by atoms with Crippen molar-refractivity contribution in [2.45, 2.75) is 25.8 Å². The molecule has 0 N–H and O–H groups in total. The van der Waals surface area contributed by atoms with Gasteiger partial charge in [-0.3, -0.25) is 19.7 Å². The molecule has 8 nitrogen and oxygen atoms in total. The number of hydrogen-bond acceptors (Lipinski definition) is 6. The molecule has 2 unspecified atom stereocenters. The van der Waals surface area contributed by atoms with Crippen molar-refractivity contribution < 1.29 is 22.9 Å². The normalized spacial score (nSPS) is 19.7. The maximum absolute atomic E-state index is 12.4. The number of nitrogens with zero attached hydrogens (tertiary/aromatic N) is 2. The molecule has 1 amide bonds. The fourth-order valence-electron chi connectivity index (χ4n) is 2.96. The first-order chi connectivity index (χ1) is 12.6. The number of rotatable bonds is 7. The molecule has 146 valence electrons. The second-order valence-corrected chi connectivity index (χ2v) is 8.99. The highest BCUT2D eigenvalue weighted by Gasteiger charge is 2.34. The summed E-state index contributed by atoms with van der Waals surface area (Å²) < 4.78 is 23.1. The number of carbonyl (C=O) groups excluding carboxylic acids is 2. The average Bonchev–Trinajstić information content (AvgIpc) is 2.98. The molecule has 1 aliphatic rings. The second kappa shape index (κ2) is 8.43. The molecule has 1 heterocycles. The number of nitro benzene ring substituents is 1. The third-order valence-corrected chi connectivity index (χ3v) is 6.35. The monoisotopic (exact) mass is 394 g/mol. The van der Waals surface area contributed by atoms with E-state index in [4.69, 9.17) is 0 Å². The minimum Gasteiger partial charge on any atom is -0.341 e. The van der Waals surface area contributed by atoms with E-state index >= 15 is 0 Å². The molecule has 27 heavy (non-hydrogen) atoms. The Morgan fingerprint density at radius 2 is 1.96 bits per heavy atom. The minimum atomic E-state index is -3.08. The van der Waals surface area contributed by atoms with Crippen molar-refractivity contribution in [3.05, 3.63) is 46.0 Å². The predicted molar refractivity (Wildman–Crippen MR) is 101 cm³/mol. The van der Waals surface area contributed by atoms with Gasteiger partial charge in [0.25, 0.3) is 5.69 Å². The molecule has 0 bridgehead atoms. The smallest absolute Gasteiger partial charge is 0.269 e. The van der Waals surface area contributed by atoms with E-state index in [1.807, 2.05) is 0 Å². The number of non-ortho nitro benzene ring substituents is 1.